The van der Waals surface area contributed by atoms with E-state index in [-0.39, 0.29) is 41.7 Å². The van der Waals surface area contributed by atoms with E-state index < -0.39 is 29.6 Å². The molecule has 3 amide bonds. The number of amides is 3. The Balaban J connectivity index is 1.74. The quantitative estimate of drug-likeness (QED) is 0.146. The monoisotopic (exact) mass is 673 g/mol. The zero-order chi connectivity index (χ0) is 32.0. The fourth-order valence-corrected chi connectivity index (χ4v) is 8.32. The number of ether oxygens (including phenoxy) is 2. The van der Waals surface area contributed by atoms with Crippen molar-refractivity contribution >= 4 is 39.3 Å². The molecule has 1 aromatic rings. The van der Waals surface area contributed by atoms with Gasteiger partial charge in [0.25, 0.3) is 0 Å². The molecule has 10 heteroatoms. The highest BCUT2D eigenvalue weighted by molar-refractivity contribution is 9.09. The van der Waals surface area contributed by atoms with Gasteiger partial charge in [-0.15, -0.1) is 13.2 Å². The topological polar surface area (TPSA) is 99.6 Å². The van der Waals surface area contributed by atoms with Crippen LogP contribution in [0.1, 0.15) is 59.3 Å². The molecule has 1 aromatic carbocycles. The number of hydrogen-bond acceptors (Lipinski definition) is 6. The summed E-state index contributed by atoms with van der Waals surface area (Å²) >= 11 is 3.79. The third kappa shape index (κ3) is 6.35. The molecule has 3 saturated heterocycles. The zero-order valence-electron chi connectivity index (χ0n) is 26.3. The van der Waals surface area contributed by atoms with Gasteiger partial charge in [0.2, 0.25) is 17.7 Å². The van der Waals surface area contributed by atoms with E-state index in [0.717, 1.165) is 19.3 Å². The van der Waals surface area contributed by atoms with E-state index in [0.29, 0.717) is 50.4 Å². The Kier molecular flexibility index (Phi) is 11.7. The van der Waals surface area contributed by atoms with Gasteiger partial charge in [-0.2, -0.15) is 0 Å². The van der Waals surface area contributed by atoms with Crippen LogP contribution in [-0.2, 0) is 19.1 Å². The summed E-state index contributed by atoms with van der Waals surface area (Å²) in [7, 11) is 0. The lowest BCUT2D eigenvalue weighted by atomic mass is 9.70. The van der Waals surface area contributed by atoms with Gasteiger partial charge >= 0.3 is 0 Å². The normalized spacial score (nSPS) is 27.6. The minimum atomic E-state index is -1.13. The molecular weight excluding hydrogens is 626 g/mol. The van der Waals surface area contributed by atoms with Crippen molar-refractivity contribution in [2.45, 2.75) is 87.9 Å². The Hall–Kier alpha value is -2.69. The fourth-order valence-electron chi connectivity index (χ4n) is 7.38. The number of carbonyl (C=O) groups excluding carboxylic acids is 3. The minimum absolute atomic E-state index is 0.0502. The molecule has 1 N–H and O–H groups in total. The van der Waals surface area contributed by atoms with Crippen LogP contribution in [-0.4, -0.2) is 94.1 Å². The third-order valence-electron chi connectivity index (χ3n) is 9.25. The number of likely N-dealkylation sites (tertiary alicyclic amines) is 1. The number of hydrogen-bond donors (Lipinski definition) is 1. The van der Waals surface area contributed by atoms with Gasteiger partial charge in [0.1, 0.15) is 17.4 Å². The molecule has 0 saturated carbocycles. The van der Waals surface area contributed by atoms with Gasteiger partial charge in [-0.05, 0) is 70.2 Å². The second kappa shape index (κ2) is 15.1. The predicted octanol–water partition coefficient (Wildman–Crippen LogP) is 4.72. The molecule has 9 nitrogen and oxygen atoms in total. The van der Waals surface area contributed by atoms with Gasteiger partial charge in [-0.25, -0.2) is 0 Å². The van der Waals surface area contributed by atoms with E-state index >= 15 is 0 Å². The Morgan fingerprint density at radius 1 is 1.16 bits per heavy atom. The molecule has 3 aliphatic rings. The van der Waals surface area contributed by atoms with Crippen molar-refractivity contribution in [3.63, 3.8) is 0 Å². The highest BCUT2D eigenvalue weighted by Crippen LogP contribution is 2.60. The lowest BCUT2D eigenvalue weighted by Crippen LogP contribution is -2.58. The summed E-state index contributed by atoms with van der Waals surface area (Å²) in [6.45, 7) is 15.4. The highest BCUT2D eigenvalue weighted by atomic mass is 79.9. The van der Waals surface area contributed by atoms with Crippen molar-refractivity contribution in [3.05, 3.63) is 49.6 Å². The number of aliphatic hydroxyl groups excluding tert-OH is 1. The Labute approximate surface area is 270 Å². The van der Waals surface area contributed by atoms with E-state index in [4.69, 9.17) is 9.47 Å². The first-order valence-corrected chi connectivity index (χ1v) is 16.9. The molecule has 7 atom stereocenters. The maximum absolute atomic E-state index is 14.6. The fraction of sp³-hybridized carbons (Fsp3) is 0.618. The summed E-state index contributed by atoms with van der Waals surface area (Å²) in [5, 5.41) is 9.33. The molecule has 0 aliphatic carbocycles. The van der Waals surface area contributed by atoms with Gasteiger partial charge in [0.05, 0.1) is 24.5 Å². The van der Waals surface area contributed by atoms with Crippen molar-refractivity contribution in [2.24, 2.45) is 11.8 Å². The van der Waals surface area contributed by atoms with E-state index in [1.165, 1.54) is 0 Å². The Bertz CT molecular complexity index is 1190. The van der Waals surface area contributed by atoms with Crippen LogP contribution in [0.25, 0.3) is 0 Å². The summed E-state index contributed by atoms with van der Waals surface area (Å²) in [5.74, 6) is -1.45. The van der Waals surface area contributed by atoms with Crippen LogP contribution in [0.4, 0.5) is 5.69 Å². The van der Waals surface area contributed by atoms with Crippen LogP contribution in [0, 0.1) is 11.8 Å². The number of aliphatic hydroxyl groups is 1. The number of nitrogens with zero attached hydrogens (tertiary/aromatic N) is 3. The highest BCUT2D eigenvalue weighted by Gasteiger charge is 2.77. The first kappa shape index (κ1) is 34.2. The summed E-state index contributed by atoms with van der Waals surface area (Å²) < 4.78 is 12.4. The number of carbonyl (C=O) groups is 3. The maximum Gasteiger partial charge on any atom is 0.248 e. The number of alkyl halides is 1. The number of benzene rings is 1. The molecule has 3 heterocycles. The van der Waals surface area contributed by atoms with Crippen LogP contribution < -0.4 is 9.64 Å². The number of halogens is 1. The average Bonchev–Trinajstić information content (AvgIpc) is 3.60. The first-order chi connectivity index (χ1) is 21.2. The first-order valence-electron chi connectivity index (χ1n) is 16.0. The van der Waals surface area contributed by atoms with E-state index in [1.807, 2.05) is 43.0 Å². The van der Waals surface area contributed by atoms with Crippen LogP contribution in [0.2, 0.25) is 0 Å². The van der Waals surface area contributed by atoms with E-state index in [1.54, 1.807) is 22.0 Å². The van der Waals surface area contributed by atoms with Crippen LogP contribution in [0.15, 0.2) is 49.6 Å². The number of rotatable bonds is 17. The molecule has 3 aliphatic heterocycles. The van der Waals surface area contributed by atoms with Gasteiger partial charge in [0.15, 0.2) is 0 Å². The SMILES string of the molecule is C=CCN(C(=O)[C@H]1[C@@H]2OC3(CC2Br)C(C(=O)N(CC=C)C(C)CCC)N(CCCCCO)C(=O)[C@H]13)c1ccc(OCC)cc1. The molecule has 1 spiro atoms. The van der Waals surface area contributed by atoms with E-state index in [2.05, 4.69) is 36.0 Å². The van der Waals surface area contributed by atoms with Crippen molar-refractivity contribution in [1.82, 2.24) is 9.80 Å². The molecule has 4 unspecified atom stereocenters. The van der Waals surface area contributed by atoms with Crippen molar-refractivity contribution in [3.8, 4) is 5.75 Å². The minimum Gasteiger partial charge on any atom is -0.494 e. The molecule has 0 aromatic heterocycles. The second-order valence-corrected chi connectivity index (χ2v) is 13.2. The molecular formula is C34H48BrN3O6. The number of anilines is 1. The summed E-state index contributed by atoms with van der Waals surface area (Å²) in [4.78, 5) is 48.5. The van der Waals surface area contributed by atoms with Crippen LogP contribution in [0.3, 0.4) is 0 Å². The summed E-state index contributed by atoms with van der Waals surface area (Å²) in [6, 6.07) is 6.41. The zero-order valence-corrected chi connectivity index (χ0v) is 27.9. The molecule has 0 radical (unpaired) electrons. The lowest BCUT2D eigenvalue weighted by Gasteiger charge is -2.39. The Morgan fingerprint density at radius 3 is 2.48 bits per heavy atom. The van der Waals surface area contributed by atoms with Crippen LogP contribution >= 0.6 is 15.9 Å². The number of unbranched alkanes of at least 4 members (excludes halogenated alkanes) is 2. The van der Waals surface area contributed by atoms with E-state index in [9.17, 15) is 19.5 Å². The average molecular weight is 675 g/mol. The maximum atomic E-state index is 14.6. The largest absolute Gasteiger partial charge is 0.494 e. The van der Waals surface area contributed by atoms with Gasteiger partial charge in [-0.1, -0.05) is 41.4 Å². The standard InChI is InChI=1S/C34H48BrN3O6/c1-6-13-23(5)36(18-7-2)33(42)30-34-22-26(35)29(44-34)27(28(34)32(41)38(30)20-11-10-12-21-39)31(40)37(19-8-3)24-14-16-25(17-15-24)43-9-4/h7-8,14-17,23,26-30,39H,2-3,6,9-13,18-22H2,1,4-5H3/t23?,26?,27-,28+,29-,30?,34?/m1/s1. The van der Waals surface area contributed by atoms with Gasteiger partial charge in [0, 0.05) is 42.8 Å². The lowest BCUT2D eigenvalue weighted by molar-refractivity contribution is -0.149. The summed E-state index contributed by atoms with van der Waals surface area (Å²) in [5.41, 5.74) is -0.459. The molecule has 2 bridgehead atoms. The predicted molar refractivity (Wildman–Crippen MR) is 175 cm³/mol. The number of fused-ring (bicyclic) bond motifs is 1. The Morgan fingerprint density at radius 2 is 1.86 bits per heavy atom. The molecule has 4 rings (SSSR count). The molecule has 44 heavy (non-hydrogen) atoms. The van der Waals surface area contributed by atoms with Gasteiger partial charge < -0.3 is 29.3 Å². The third-order valence-corrected chi connectivity index (χ3v) is 10.1. The second-order valence-electron chi connectivity index (χ2n) is 12.1. The van der Waals surface area contributed by atoms with Crippen molar-refractivity contribution < 1.29 is 29.0 Å². The molecule has 3 fully saturated rings. The smallest absolute Gasteiger partial charge is 0.248 e. The van der Waals surface area contributed by atoms with Crippen LogP contribution in [0.5, 0.6) is 5.75 Å². The summed E-state index contributed by atoms with van der Waals surface area (Å²) in [6.07, 6.45) is 6.99. The van der Waals surface area contributed by atoms with Gasteiger partial charge in [-0.3, -0.25) is 14.4 Å². The van der Waals surface area contributed by atoms with Crippen molar-refractivity contribution in [1.29, 1.82) is 0 Å². The van der Waals surface area contributed by atoms with Crippen molar-refractivity contribution in [2.75, 3.05) is 37.7 Å². The molecule has 242 valence electrons.